The fraction of sp³-hybridized carbons (Fsp3) is 0.235. The van der Waals surface area contributed by atoms with Crippen LogP contribution in [0.5, 0.6) is 0 Å². The van der Waals surface area contributed by atoms with Gasteiger partial charge in [-0.1, -0.05) is 23.7 Å². The van der Waals surface area contributed by atoms with E-state index in [2.05, 4.69) is 4.99 Å². The van der Waals surface area contributed by atoms with E-state index in [1.165, 1.54) is 0 Å². The van der Waals surface area contributed by atoms with E-state index in [4.69, 9.17) is 22.4 Å². The molecular weight excluding hydrogens is 385 g/mol. The molecule has 0 atom stereocenters. The maximum absolute atomic E-state index is 13.2. The lowest BCUT2D eigenvalue weighted by atomic mass is 10.00. The van der Waals surface area contributed by atoms with Gasteiger partial charge in [0.15, 0.2) is 0 Å². The van der Waals surface area contributed by atoms with Gasteiger partial charge in [-0.3, -0.25) is 20.7 Å². The molecule has 4 nitrogen and oxygen atoms in total. The van der Waals surface area contributed by atoms with Gasteiger partial charge in [0.25, 0.3) is 0 Å². The Morgan fingerprint density at radius 1 is 1.23 bits per heavy atom. The zero-order valence-electron chi connectivity index (χ0n) is 13.8. The summed E-state index contributed by atoms with van der Waals surface area (Å²) >= 11 is 7.05. The van der Waals surface area contributed by atoms with Crippen LogP contribution in [0.25, 0.3) is 0 Å². The summed E-state index contributed by atoms with van der Waals surface area (Å²) in [6.07, 6.45) is -4.86. The van der Waals surface area contributed by atoms with Gasteiger partial charge < -0.3 is 0 Å². The molecule has 0 unspecified atom stereocenters. The number of aliphatic imine (C=N–C) groups is 1. The van der Waals surface area contributed by atoms with Crippen LogP contribution in [-0.4, -0.2) is 30.1 Å². The van der Waals surface area contributed by atoms with Crippen molar-refractivity contribution in [3.05, 3.63) is 50.9 Å². The first-order valence-corrected chi connectivity index (χ1v) is 8.74. The molecule has 0 spiro atoms. The number of aryl methyl sites for hydroxylation is 1. The van der Waals surface area contributed by atoms with Crippen molar-refractivity contribution in [1.82, 2.24) is 0 Å². The van der Waals surface area contributed by atoms with E-state index in [0.717, 1.165) is 21.8 Å². The number of halogens is 4. The van der Waals surface area contributed by atoms with Crippen LogP contribution < -0.4 is 4.90 Å². The topological polar surface area (TPSA) is 63.3 Å². The zero-order chi connectivity index (χ0) is 19.2. The van der Waals surface area contributed by atoms with Crippen LogP contribution in [0.1, 0.15) is 21.6 Å². The molecule has 0 saturated carbocycles. The third kappa shape index (κ3) is 3.14. The highest BCUT2D eigenvalue weighted by Crippen LogP contribution is 2.40. The second-order valence-electron chi connectivity index (χ2n) is 5.76. The molecule has 1 aliphatic rings. The Morgan fingerprint density at radius 3 is 2.42 bits per heavy atom. The quantitative estimate of drug-likeness (QED) is 0.503. The van der Waals surface area contributed by atoms with Crippen LogP contribution in [0.4, 0.5) is 18.2 Å². The normalized spacial score (nSPS) is 14.8. The van der Waals surface area contributed by atoms with Gasteiger partial charge >= 0.3 is 6.18 Å². The Bertz CT molecular complexity index is 929. The third-order valence-corrected chi connectivity index (χ3v) is 5.52. The molecule has 3 rings (SSSR count). The highest BCUT2D eigenvalue weighted by atomic mass is 35.5. The molecule has 1 aromatic heterocycles. The fourth-order valence-corrected chi connectivity index (χ4v) is 3.99. The second-order valence-corrected chi connectivity index (χ2v) is 7.40. The van der Waals surface area contributed by atoms with E-state index in [1.807, 2.05) is 0 Å². The van der Waals surface area contributed by atoms with Gasteiger partial charge in [-0.15, -0.1) is 11.3 Å². The first-order valence-electron chi connectivity index (χ1n) is 7.55. The number of anilines is 1. The summed E-state index contributed by atoms with van der Waals surface area (Å²) in [5.41, 5.74) is 2.50. The fourth-order valence-electron chi connectivity index (χ4n) is 2.68. The molecule has 0 radical (unpaired) electrons. The zero-order valence-corrected chi connectivity index (χ0v) is 15.4. The Hall–Kier alpha value is -2.19. The summed E-state index contributed by atoms with van der Waals surface area (Å²) in [6.45, 7) is 3.35. The molecule has 0 fully saturated rings. The second kappa shape index (κ2) is 6.51. The molecule has 2 aromatic rings. The number of alkyl halides is 3. The number of amidine groups is 2. The SMILES string of the molecule is Cc1sc2c(c1C)C(c1ccc(Cl)cc1)=NCC(=N)N2C(=N)C(F)(F)F. The summed E-state index contributed by atoms with van der Waals surface area (Å²) in [7, 11) is 0. The van der Waals surface area contributed by atoms with Gasteiger partial charge in [-0.25, -0.2) is 0 Å². The van der Waals surface area contributed by atoms with Crippen molar-refractivity contribution in [2.24, 2.45) is 4.99 Å². The highest BCUT2D eigenvalue weighted by molar-refractivity contribution is 7.17. The molecule has 1 aliphatic heterocycles. The number of rotatable bonds is 1. The number of thiophene rings is 1. The lowest BCUT2D eigenvalue weighted by molar-refractivity contribution is -0.0603. The van der Waals surface area contributed by atoms with Crippen molar-refractivity contribution in [1.29, 1.82) is 10.8 Å². The molecule has 2 heterocycles. The minimum absolute atomic E-state index is 0.193. The van der Waals surface area contributed by atoms with Crippen molar-refractivity contribution in [3.63, 3.8) is 0 Å². The molecule has 1 aromatic carbocycles. The minimum atomic E-state index is -4.86. The summed E-state index contributed by atoms with van der Waals surface area (Å²) in [6, 6.07) is 6.84. The van der Waals surface area contributed by atoms with Crippen molar-refractivity contribution < 1.29 is 13.2 Å². The molecule has 0 bridgehead atoms. The van der Waals surface area contributed by atoms with Crippen molar-refractivity contribution in [2.75, 3.05) is 11.4 Å². The third-order valence-electron chi connectivity index (χ3n) is 4.07. The standard InChI is InChI=1S/C17H14ClF3N4S/c1-8-9(2)26-15-13(8)14(10-3-5-11(18)6-4-10)24-7-12(22)25(15)16(23)17(19,20)21/h3-6,22-23H,7H2,1-2H3. The highest BCUT2D eigenvalue weighted by Gasteiger charge is 2.43. The molecule has 26 heavy (non-hydrogen) atoms. The van der Waals surface area contributed by atoms with Gasteiger partial charge in [-0.2, -0.15) is 13.2 Å². The lowest BCUT2D eigenvalue weighted by Gasteiger charge is -2.24. The number of nitrogens with zero attached hydrogens (tertiary/aromatic N) is 2. The van der Waals surface area contributed by atoms with Crippen LogP contribution in [-0.2, 0) is 0 Å². The van der Waals surface area contributed by atoms with E-state index in [0.29, 0.717) is 26.8 Å². The molecule has 136 valence electrons. The van der Waals surface area contributed by atoms with Gasteiger partial charge in [-0.05, 0) is 31.5 Å². The molecule has 0 amide bonds. The van der Waals surface area contributed by atoms with E-state index in [9.17, 15) is 13.2 Å². The Morgan fingerprint density at radius 2 is 1.85 bits per heavy atom. The number of hydrogen-bond donors (Lipinski definition) is 2. The first-order chi connectivity index (χ1) is 12.1. The molecule has 9 heteroatoms. The van der Waals surface area contributed by atoms with Gasteiger partial charge in [0.2, 0.25) is 5.84 Å². The van der Waals surface area contributed by atoms with Crippen LogP contribution in [0.3, 0.4) is 0 Å². The number of nitrogens with one attached hydrogen (secondary N) is 2. The van der Waals surface area contributed by atoms with E-state index in [-0.39, 0.29) is 11.5 Å². The summed E-state index contributed by atoms with van der Waals surface area (Å²) in [4.78, 5) is 5.84. The largest absolute Gasteiger partial charge is 0.449 e. The van der Waals surface area contributed by atoms with Crippen molar-refractivity contribution in [3.8, 4) is 0 Å². The van der Waals surface area contributed by atoms with Crippen LogP contribution in [0.15, 0.2) is 29.3 Å². The Labute approximate surface area is 157 Å². The first kappa shape index (κ1) is 18.6. The van der Waals surface area contributed by atoms with Crippen LogP contribution in [0, 0.1) is 24.7 Å². The smallest absolute Gasteiger partial charge is 0.286 e. The molecular formula is C17H14ClF3N4S. The average molecular weight is 399 g/mol. The molecule has 0 saturated heterocycles. The number of benzene rings is 1. The minimum Gasteiger partial charge on any atom is -0.286 e. The Kier molecular flexibility index (Phi) is 4.66. The van der Waals surface area contributed by atoms with Gasteiger partial charge in [0, 0.05) is 21.0 Å². The van der Waals surface area contributed by atoms with Crippen LogP contribution in [0.2, 0.25) is 5.02 Å². The average Bonchev–Trinajstić information content (AvgIpc) is 2.76. The summed E-state index contributed by atoms with van der Waals surface area (Å²) in [5.74, 6) is -1.98. The number of hydrogen-bond acceptors (Lipinski definition) is 4. The maximum atomic E-state index is 13.2. The summed E-state index contributed by atoms with van der Waals surface area (Å²) < 4.78 is 39.6. The van der Waals surface area contributed by atoms with Crippen molar-refractivity contribution in [2.45, 2.75) is 20.0 Å². The van der Waals surface area contributed by atoms with E-state index >= 15 is 0 Å². The van der Waals surface area contributed by atoms with Gasteiger partial charge in [0.05, 0.1) is 12.3 Å². The lowest BCUT2D eigenvalue weighted by Crippen LogP contribution is -2.44. The van der Waals surface area contributed by atoms with Crippen molar-refractivity contribution >= 4 is 45.3 Å². The maximum Gasteiger partial charge on any atom is 0.449 e. The number of fused-ring (bicyclic) bond motifs is 1. The van der Waals surface area contributed by atoms with E-state index in [1.54, 1.807) is 38.1 Å². The van der Waals surface area contributed by atoms with E-state index < -0.39 is 17.8 Å². The van der Waals surface area contributed by atoms with Crippen LogP contribution >= 0.6 is 22.9 Å². The van der Waals surface area contributed by atoms with Gasteiger partial charge in [0.1, 0.15) is 10.8 Å². The Balaban J connectivity index is 2.23. The molecule has 2 N–H and O–H groups in total. The monoisotopic (exact) mass is 398 g/mol. The predicted molar refractivity (Wildman–Crippen MR) is 99.7 cm³/mol. The predicted octanol–water partition coefficient (Wildman–Crippen LogP) is 5.19. The molecule has 0 aliphatic carbocycles. The summed E-state index contributed by atoms with van der Waals surface area (Å²) in [5, 5.41) is 16.4.